The molecule has 1 atom stereocenters. The zero-order valence-electron chi connectivity index (χ0n) is 13.2. The van der Waals surface area contributed by atoms with Crippen molar-refractivity contribution in [2.24, 2.45) is 5.73 Å². The molecule has 6 nitrogen and oxygen atoms in total. The number of H-pyrrole nitrogens is 1. The highest BCUT2D eigenvalue weighted by Gasteiger charge is 2.20. The van der Waals surface area contributed by atoms with Crippen molar-refractivity contribution in [2.75, 3.05) is 6.54 Å². The molecule has 118 valence electrons. The number of nitrogens with zero attached hydrogens (tertiary/aromatic N) is 1. The summed E-state index contributed by atoms with van der Waals surface area (Å²) in [5, 5.41) is 10.2. The van der Waals surface area contributed by atoms with Crippen molar-refractivity contribution in [1.29, 1.82) is 0 Å². The van der Waals surface area contributed by atoms with Crippen molar-refractivity contribution in [3.8, 4) is 0 Å². The lowest BCUT2D eigenvalue weighted by Crippen LogP contribution is -2.41. The Morgan fingerprint density at radius 3 is 2.86 bits per heavy atom. The van der Waals surface area contributed by atoms with Crippen molar-refractivity contribution < 1.29 is 9.53 Å². The third-order valence-corrected chi connectivity index (χ3v) is 3.51. The van der Waals surface area contributed by atoms with E-state index in [2.05, 4.69) is 15.5 Å². The lowest BCUT2D eigenvalue weighted by molar-refractivity contribution is 0.0524. The van der Waals surface area contributed by atoms with Gasteiger partial charge in [0.1, 0.15) is 5.60 Å². The molecule has 1 heterocycles. The fourth-order valence-electron chi connectivity index (χ4n) is 2.57. The van der Waals surface area contributed by atoms with E-state index in [4.69, 9.17) is 10.5 Å². The summed E-state index contributed by atoms with van der Waals surface area (Å²) in [6.45, 7) is 5.89. The first kappa shape index (κ1) is 15.8. The summed E-state index contributed by atoms with van der Waals surface area (Å²) in [6, 6.07) is -0.160. The monoisotopic (exact) mass is 294 g/mol. The number of aromatic nitrogens is 2. The average molecular weight is 294 g/mol. The first-order chi connectivity index (χ1) is 9.85. The predicted molar refractivity (Wildman–Crippen MR) is 81.1 cm³/mol. The summed E-state index contributed by atoms with van der Waals surface area (Å²) in [6.07, 6.45) is 4.83. The van der Waals surface area contributed by atoms with Crippen molar-refractivity contribution in [2.45, 2.75) is 64.5 Å². The van der Waals surface area contributed by atoms with Crippen molar-refractivity contribution in [1.82, 2.24) is 15.5 Å². The summed E-state index contributed by atoms with van der Waals surface area (Å²) in [4.78, 5) is 11.6. The number of fused-ring (bicyclic) bond motifs is 1. The number of hydrogen-bond donors (Lipinski definition) is 3. The number of nitrogens with two attached hydrogens (primary N) is 1. The number of rotatable bonds is 4. The normalized spacial score (nSPS) is 16.2. The van der Waals surface area contributed by atoms with Gasteiger partial charge in [-0.25, -0.2) is 4.79 Å². The third-order valence-electron chi connectivity index (χ3n) is 3.51. The van der Waals surface area contributed by atoms with Gasteiger partial charge in [0.05, 0.1) is 5.69 Å². The van der Waals surface area contributed by atoms with Crippen LogP contribution in [0.25, 0.3) is 0 Å². The molecule has 0 aliphatic heterocycles. The molecule has 0 fully saturated rings. The quantitative estimate of drug-likeness (QED) is 0.787. The van der Waals surface area contributed by atoms with Gasteiger partial charge in [-0.2, -0.15) is 5.10 Å². The first-order valence-corrected chi connectivity index (χ1v) is 7.62. The van der Waals surface area contributed by atoms with Gasteiger partial charge in [-0.15, -0.1) is 0 Å². The van der Waals surface area contributed by atoms with Gasteiger partial charge in [-0.05, 0) is 52.0 Å². The van der Waals surface area contributed by atoms with Gasteiger partial charge in [-0.1, -0.05) is 0 Å². The molecule has 1 amide bonds. The van der Waals surface area contributed by atoms with Crippen LogP contribution < -0.4 is 11.1 Å². The first-order valence-electron chi connectivity index (χ1n) is 7.62. The fraction of sp³-hybridized carbons (Fsp3) is 0.733. The van der Waals surface area contributed by atoms with Gasteiger partial charge < -0.3 is 15.8 Å². The van der Waals surface area contributed by atoms with Crippen LogP contribution >= 0.6 is 0 Å². The molecule has 1 unspecified atom stereocenters. The predicted octanol–water partition coefficient (Wildman–Crippen LogP) is 1.68. The molecular weight excluding hydrogens is 268 g/mol. The standard InChI is InChI=1S/C15H26N4O2/c1-15(2,3)21-14(20)17-9-10(16)8-13-11-6-4-5-7-12(11)18-19-13/h10H,4-9,16H2,1-3H3,(H,17,20)(H,18,19). The van der Waals surface area contributed by atoms with E-state index in [0.29, 0.717) is 13.0 Å². The van der Waals surface area contributed by atoms with Gasteiger partial charge in [0.2, 0.25) is 0 Å². The molecule has 0 radical (unpaired) electrons. The minimum Gasteiger partial charge on any atom is -0.444 e. The highest BCUT2D eigenvalue weighted by molar-refractivity contribution is 5.67. The van der Waals surface area contributed by atoms with Crippen LogP contribution in [0.15, 0.2) is 0 Å². The van der Waals surface area contributed by atoms with Gasteiger partial charge in [0.15, 0.2) is 0 Å². The summed E-state index contributed by atoms with van der Waals surface area (Å²) < 4.78 is 5.19. The van der Waals surface area contributed by atoms with Crippen molar-refractivity contribution >= 4 is 6.09 Å². The summed E-state index contributed by atoms with van der Waals surface area (Å²) in [7, 11) is 0. The second-order valence-corrected chi connectivity index (χ2v) is 6.68. The molecule has 0 spiro atoms. The van der Waals surface area contributed by atoms with E-state index in [0.717, 1.165) is 18.5 Å². The zero-order valence-corrected chi connectivity index (χ0v) is 13.2. The molecule has 1 aliphatic carbocycles. The molecule has 21 heavy (non-hydrogen) atoms. The number of aryl methyl sites for hydroxylation is 1. The van der Waals surface area contributed by atoms with Crippen molar-refractivity contribution in [3.63, 3.8) is 0 Å². The largest absolute Gasteiger partial charge is 0.444 e. The number of ether oxygens (including phenoxy) is 1. The Kier molecular flexibility index (Phi) is 4.88. The Hall–Kier alpha value is -1.56. The van der Waals surface area contributed by atoms with Crippen LogP contribution in [0.5, 0.6) is 0 Å². The Morgan fingerprint density at radius 1 is 1.43 bits per heavy atom. The van der Waals surface area contributed by atoms with Crippen LogP contribution in [-0.4, -0.2) is 34.5 Å². The smallest absolute Gasteiger partial charge is 0.407 e. The van der Waals surface area contributed by atoms with Crippen LogP contribution in [0, 0.1) is 0 Å². The number of nitrogens with one attached hydrogen (secondary N) is 2. The number of carbonyl (C=O) groups excluding carboxylic acids is 1. The molecule has 0 saturated heterocycles. The van der Waals surface area contributed by atoms with Gasteiger partial charge in [-0.3, -0.25) is 5.10 Å². The highest BCUT2D eigenvalue weighted by atomic mass is 16.6. The fourth-order valence-corrected chi connectivity index (χ4v) is 2.57. The Balaban J connectivity index is 1.81. The molecule has 4 N–H and O–H groups in total. The van der Waals surface area contributed by atoms with Gasteiger partial charge in [0.25, 0.3) is 0 Å². The summed E-state index contributed by atoms with van der Waals surface area (Å²) in [5.74, 6) is 0. The number of amides is 1. The minimum absolute atomic E-state index is 0.160. The maximum atomic E-state index is 11.6. The molecule has 0 saturated carbocycles. The molecule has 0 bridgehead atoms. The summed E-state index contributed by atoms with van der Waals surface area (Å²) >= 11 is 0. The Labute approximate surface area is 125 Å². The maximum absolute atomic E-state index is 11.6. The van der Waals surface area contributed by atoms with Crippen LogP contribution in [0.2, 0.25) is 0 Å². The molecule has 1 aromatic rings. The van der Waals surface area contributed by atoms with E-state index < -0.39 is 11.7 Å². The highest BCUT2D eigenvalue weighted by Crippen LogP contribution is 2.22. The Morgan fingerprint density at radius 2 is 2.14 bits per heavy atom. The number of aromatic amines is 1. The topological polar surface area (TPSA) is 93.0 Å². The zero-order chi connectivity index (χ0) is 15.5. The van der Waals surface area contributed by atoms with Crippen LogP contribution in [0.4, 0.5) is 4.79 Å². The van der Waals surface area contributed by atoms with E-state index in [-0.39, 0.29) is 6.04 Å². The molecular formula is C15H26N4O2. The van der Waals surface area contributed by atoms with Gasteiger partial charge >= 0.3 is 6.09 Å². The molecule has 0 aromatic carbocycles. The second-order valence-electron chi connectivity index (χ2n) is 6.68. The van der Waals surface area contributed by atoms with E-state index in [9.17, 15) is 4.79 Å². The maximum Gasteiger partial charge on any atom is 0.407 e. The van der Waals surface area contributed by atoms with Crippen molar-refractivity contribution in [3.05, 3.63) is 17.0 Å². The van der Waals surface area contributed by atoms with Crippen LogP contribution in [0.3, 0.4) is 0 Å². The van der Waals surface area contributed by atoms with E-state index >= 15 is 0 Å². The lowest BCUT2D eigenvalue weighted by atomic mass is 9.94. The molecule has 6 heteroatoms. The van der Waals surface area contributed by atoms with E-state index in [1.54, 1.807) is 0 Å². The minimum atomic E-state index is -0.491. The molecule has 1 aliphatic rings. The number of hydrogen-bond acceptors (Lipinski definition) is 4. The molecule has 1 aromatic heterocycles. The summed E-state index contributed by atoms with van der Waals surface area (Å²) in [5.41, 5.74) is 9.22. The second kappa shape index (κ2) is 6.47. The van der Waals surface area contributed by atoms with E-state index in [1.165, 1.54) is 24.1 Å². The average Bonchev–Trinajstić information content (AvgIpc) is 2.78. The van der Waals surface area contributed by atoms with Gasteiger partial charge in [0, 0.05) is 24.7 Å². The SMILES string of the molecule is CC(C)(C)OC(=O)NCC(N)Cc1n[nH]c2c1CCCC2. The van der Waals surface area contributed by atoms with Crippen LogP contribution in [0.1, 0.15) is 50.6 Å². The Bertz CT molecular complexity index is 490. The number of carbonyl (C=O) groups is 1. The third kappa shape index (κ3) is 4.74. The van der Waals surface area contributed by atoms with Crippen LogP contribution in [-0.2, 0) is 24.0 Å². The lowest BCUT2D eigenvalue weighted by Gasteiger charge is -2.20. The number of alkyl carbamates (subject to hydrolysis) is 1. The molecule has 2 rings (SSSR count). The van der Waals surface area contributed by atoms with E-state index in [1.807, 2.05) is 20.8 Å².